The maximum absolute atomic E-state index is 13.2. The minimum absolute atomic E-state index is 0.0797. The van der Waals surface area contributed by atoms with Crippen LogP contribution in [0.15, 0.2) is 18.2 Å². The van der Waals surface area contributed by atoms with Crippen molar-refractivity contribution in [2.45, 2.75) is 32.9 Å². The molecule has 0 heterocycles. The highest BCUT2D eigenvalue weighted by molar-refractivity contribution is 5.75. The molecule has 0 aliphatic rings. The first-order chi connectivity index (χ1) is 9.02. The molecule has 0 saturated heterocycles. The molecule has 106 valence electrons. The number of carbonyl (C=O) groups is 1. The fourth-order valence-corrected chi connectivity index (χ4v) is 1.52. The molecule has 1 aromatic rings. The van der Waals surface area contributed by atoms with E-state index in [2.05, 4.69) is 10.6 Å². The Morgan fingerprint density at radius 1 is 1.42 bits per heavy atom. The van der Waals surface area contributed by atoms with E-state index in [1.807, 2.05) is 13.8 Å². The van der Waals surface area contributed by atoms with Gasteiger partial charge in [-0.25, -0.2) is 4.39 Å². The molecule has 0 radical (unpaired) electrons. The largest absolute Gasteiger partial charge is 0.493 e. The van der Waals surface area contributed by atoms with Gasteiger partial charge in [0.15, 0.2) is 0 Å². The Kier molecular flexibility index (Phi) is 6.29. The fourth-order valence-electron chi connectivity index (χ4n) is 1.52. The zero-order chi connectivity index (χ0) is 14.3. The van der Waals surface area contributed by atoms with Crippen LogP contribution in [0.25, 0.3) is 0 Å². The molecule has 0 aliphatic heterocycles. The highest BCUT2D eigenvalue weighted by Gasteiger charge is 2.07. The first kappa shape index (κ1) is 15.4. The maximum Gasteiger partial charge on any atom is 0.223 e. The van der Waals surface area contributed by atoms with E-state index in [4.69, 9.17) is 4.74 Å². The number of amides is 1. The van der Waals surface area contributed by atoms with Gasteiger partial charge in [0.2, 0.25) is 5.91 Å². The molecule has 0 atom stereocenters. The maximum atomic E-state index is 13.2. The molecule has 1 aromatic carbocycles. The van der Waals surface area contributed by atoms with E-state index in [9.17, 15) is 9.18 Å². The molecule has 0 unspecified atom stereocenters. The highest BCUT2D eigenvalue weighted by atomic mass is 19.1. The molecule has 4 nitrogen and oxygen atoms in total. The zero-order valence-corrected chi connectivity index (χ0v) is 11.6. The van der Waals surface area contributed by atoms with Gasteiger partial charge in [0.05, 0.1) is 13.0 Å². The summed E-state index contributed by atoms with van der Waals surface area (Å²) >= 11 is 0. The lowest BCUT2D eigenvalue weighted by atomic mass is 10.2. The quantitative estimate of drug-likeness (QED) is 0.793. The van der Waals surface area contributed by atoms with Crippen LogP contribution in [0.2, 0.25) is 0 Å². The number of halogens is 1. The second-order valence-electron chi connectivity index (χ2n) is 4.56. The van der Waals surface area contributed by atoms with Crippen molar-refractivity contribution in [2.75, 3.05) is 13.7 Å². The third-order valence-corrected chi connectivity index (χ3v) is 2.59. The summed E-state index contributed by atoms with van der Waals surface area (Å²) in [4.78, 5) is 11.1. The van der Waals surface area contributed by atoms with Gasteiger partial charge in [-0.05, 0) is 18.2 Å². The number of ether oxygens (including phenoxy) is 1. The summed E-state index contributed by atoms with van der Waals surface area (Å²) in [5.41, 5.74) is 0.755. The monoisotopic (exact) mass is 268 g/mol. The number of nitrogens with one attached hydrogen (secondary N) is 2. The van der Waals surface area contributed by atoms with Crippen LogP contribution in [0, 0.1) is 5.82 Å². The number of benzene rings is 1. The highest BCUT2D eigenvalue weighted by Crippen LogP contribution is 2.20. The van der Waals surface area contributed by atoms with Crippen molar-refractivity contribution in [1.29, 1.82) is 0 Å². The Balaban J connectivity index is 2.62. The SMILES string of the molecule is CNC(=O)CCOc1ccc(F)cc1CNC(C)C. The Labute approximate surface area is 113 Å². The fraction of sp³-hybridized carbons (Fsp3) is 0.500. The van der Waals surface area contributed by atoms with Crippen molar-refractivity contribution in [2.24, 2.45) is 0 Å². The molecule has 0 saturated carbocycles. The smallest absolute Gasteiger partial charge is 0.223 e. The number of carbonyl (C=O) groups excluding carboxylic acids is 1. The summed E-state index contributed by atoms with van der Waals surface area (Å²) in [5.74, 6) is 0.238. The Morgan fingerprint density at radius 2 is 2.16 bits per heavy atom. The van der Waals surface area contributed by atoms with Crippen LogP contribution in [-0.4, -0.2) is 25.6 Å². The van der Waals surface area contributed by atoms with Gasteiger partial charge in [0.1, 0.15) is 11.6 Å². The van der Waals surface area contributed by atoms with Gasteiger partial charge in [-0.3, -0.25) is 4.79 Å². The predicted octanol–water partition coefficient (Wildman–Crippen LogP) is 1.84. The number of hydrogen-bond donors (Lipinski definition) is 2. The molecule has 0 bridgehead atoms. The van der Waals surface area contributed by atoms with E-state index in [1.165, 1.54) is 12.1 Å². The predicted molar refractivity (Wildman–Crippen MR) is 72.6 cm³/mol. The molecule has 19 heavy (non-hydrogen) atoms. The van der Waals surface area contributed by atoms with Gasteiger partial charge in [-0.1, -0.05) is 13.8 Å². The van der Waals surface area contributed by atoms with E-state index in [1.54, 1.807) is 13.1 Å². The summed E-state index contributed by atoms with van der Waals surface area (Å²) < 4.78 is 18.8. The Morgan fingerprint density at radius 3 is 2.79 bits per heavy atom. The van der Waals surface area contributed by atoms with Gasteiger partial charge in [0.25, 0.3) is 0 Å². The van der Waals surface area contributed by atoms with Crippen LogP contribution in [0.3, 0.4) is 0 Å². The van der Waals surface area contributed by atoms with E-state index >= 15 is 0 Å². The van der Waals surface area contributed by atoms with Crippen LogP contribution in [0.5, 0.6) is 5.75 Å². The third kappa shape index (κ3) is 5.70. The average molecular weight is 268 g/mol. The van der Waals surface area contributed by atoms with Crippen molar-refractivity contribution < 1.29 is 13.9 Å². The Hall–Kier alpha value is -1.62. The van der Waals surface area contributed by atoms with Gasteiger partial charge in [-0.15, -0.1) is 0 Å². The van der Waals surface area contributed by atoms with Crippen LogP contribution in [-0.2, 0) is 11.3 Å². The van der Waals surface area contributed by atoms with Crippen LogP contribution in [0.1, 0.15) is 25.8 Å². The lowest BCUT2D eigenvalue weighted by Gasteiger charge is -2.13. The normalized spacial score (nSPS) is 10.6. The second-order valence-corrected chi connectivity index (χ2v) is 4.56. The first-order valence-corrected chi connectivity index (χ1v) is 6.38. The molecule has 0 aliphatic carbocycles. The van der Waals surface area contributed by atoms with E-state index in [0.717, 1.165) is 5.56 Å². The molecule has 0 spiro atoms. The van der Waals surface area contributed by atoms with Gasteiger partial charge < -0.3 is 15.4 Å². The van der Waals surface area contributed by atoms with Gasteiger partial charge in [0, 0.05) is 25.2 Å². The van der Waals surface area contributed by atoms with Crippen molar-refractivity contribution in [3.8, 4) is 5.75 Å². The average Bonchev–Trinajstić information content (AvgIpc) is 2.38. The van der Waals surface area contributed by atoms with E-state index < -0.39 is 0 Å². The molecular formula is C14H21FN2O2. The lowest BCUT2D eigenvalue weighted by molar-refractivity contribution is -0.121. The van der Waals surface area contributed by atoms with Crippen molar-refractivity contribution in [1.82, 2.24) is 10.6 Å². The summed E-state index contributed by atoms with van der Waals surface area (Å²) in [6.07, 6.45) is 0.283. The summed E-state index contributed by atoms with van der Waals surface area (Å²) in [6.45, 7) is 4.85. The standard InChI is InChI=1S/C14H21FN2O2/c1-10(2)17-9-11-8-12(15)4-5-13(11)19-7-6-14(18)16-3/h4-5,8,10,17H,6-7,9H2,1-3H3,(H,16,18). The Bertz CT molecular complexity index is 422. The summed E-state index contributed by atoms with van der Waals surface area (Å²) in [5, 5.41) is 5.74. The topological polar surface area (TPSA) is 50.4 Å². The third-order valence-electron chi connectivity index (χ3n) is 2.59. The van der Waals surface area contributed by atoms with Crippen LogP contribution in [0.4, 0.5) is 4.39 Å². The zero-order valence-electron chi connectivity index (χ0n) is 11.6. The van der Waals surface area contributed by atoms with Crippen molar-refractivity contribution in [3.05, 3.63) is 29.6 Å². The minimum atomic E-state index is -0.292. The minimum Gasteiger partial charge on any atom is -0.493 e. The number of hydrogen-bond acceptors (Lipinski definition) is 3. The van der Waals surface area contributed by atoms with Gasteiger partial charge in [-0.2, -0.15) is 0 Å². The van der Waals surface area contributed by atoms with Crippen LogP contribution < -0.4 is 15.4 Å². The molecule has 0 aromatic heterocycles. The number of rotatable bonds is 7. The molecule has 1 rings (SSSR count). The van der Waals surface area contributed by atoms with E-state index in [-0.39, 0.29) is 24.8 Å². The molecular weight excluding hydrogens is 247 g/mol. The molecule has 0 fully saturated rings. The first-order valence-electron chi connectivity index (χ1n) is 6.38. The summed E-state index contributed by atoms with van der Waals surface area (Å²) in [7, 11) is 1.58. The second kappa shape index (κ2) is 7.74. The van der Waals surface area contributed by atoms with Crippen molar-refractivity contribution >= 4 is 5.91 Å². The van der Waals surface area contributed by atoms with Crippen molar-refractivity contribution in [3.63, 3.8) is 0 Å². The molecule has 2 N–H and O–H groups in total. The van der Waals surface area contributed by atoms with E-state index in [0.29, 0.717) is 18.3 Å². The summed E-state index contributed by atoms with van der Waals surface area (Å²) in [6, 6.07) is 4.71. The lowest BCUT2D eigenvalue weighted by Crippen LogP contribution is -2.23. The molecule has 5 heteroatoms. The van der Waals surface area contributed by atoms with Crippen LogP contribution >= 0.6 is 0 Å². The molecule has 1 amide bonds. The van der Waals surface area contributed by atoms with Gasteiger partial charge >= 0.3 is 0 Å².